The Morgan fingerprint density at radius 1 is 1.26 bits per heavy atom. The molecule has 0 amide bonds. The van der Waals surface area contributed by atoms with Gasteiger partial charge in [0.15, 0.2) is 0 Å². The number of hydrogen-bond donors (Lipinski definition) is 1. The van der Waals surface area contributed by atoms with Crippen LogP contribution in [0.25, 0.3) is 11.0 Å². The lowest BCUT2D eigenvalue weighted by Gasteiger charge is -2.15. The summed E-state index contributed by atoms with van der Waals surface area (Å²) in [5.74, 6) is -1.71. The highest BCUT2D eigenvalue weighted by molar-refractivity contribution is 5.91. The Hall–Kier alpha value is -2.89. The minimum Gasteiger partial charge on any atom is -0.477 e. The van der Waals surface area contributed by atoms with Crippen molar-refractivity contribution in [2.24, 2.45) is 5.92 Å². The van der Waals surface area contributed by atoms with Crippen molar-refractivity contribution < 1.29 is 23.8 Å². The number of carbonyl (C=O) groups is 2. The molecule has 0 aliphatic heterocycles. The molecule has 1 aliphatic carbocycles. The average molecular weight is 314 g/mol. The Morgan fingerprint density at radius 2 is 2.09 bits per heavy atom. The third kappa shape index (κ3) is 3.15. The van der Waals surface area contributed by atoms with Gasteiger partial charge in [0.1, 0.15) is 16.9 Å². The number of rotatable bonds is 3. The summed E-state index contributed by atoms with van der Waals surface area (Å²) in [6.07, 6.45) is 6.46. The minimum absolute atomic E-state index is 0.171. The van der Waals surface area contributed by atoms with Crippen LogP contribution in [-0.2, 0) is 4.79 Å². The van der Waals surface area contributed by atoms with Crippen molar-refractivity contribution in [3.05, 3.63) is 52.4 Å². The van der Waals surface area contributed by atoms with E-state index in [0.717, 1.165) is 19.3 Å². The van der Waals surface area contributed by atoms with Gasteiger partial charge in [-0.05, 0) is 37.5 Å². The highest BCUT2D eigenvalue weighted by Crippen LogP contribution is 2.23. The van der Waals surface area contributed by atoms with E-state index in [1.54, 1.807) is 12.1 Å². The van der Waals surface area contributed by atoms with E-state index in [9.17, 15) is 14.4 Å². The van der Waals surface area contributed by atoms with E-state index in [1.807, 2.05) is 12.2 Å². The first kappa shape index (κ1) is 15.0. The van der Waals surface area contributed by atoms with Crippen LogP contribution < -0.4 is 10.4 Å². The van der Waals surface area contributed by atoms with Gasteiger partial charge in [0.05, 0.1) is 5.92 Å². The van der Waals surface area contributed by atoms with Crippen molar-refractivity contribution in [3.8, 4) is 5.75 Å². The second-order valence-electron chi connectivity index (χ2n) is 5.34. The molecular formula is C17H14O6. The van der Waals surface area contributed by atoms with Crippen LogP contribution in [0.4, 0.5) is 0 Å². The molecule has 1 aromatic carbocycles. The summed E-state index contributed by atoms with van der Waals surface area (Å²) in [5, 5.41) is 9.35. The molecule has 1 aromatic heterocycles. The number of carbonyl (C=O) groups excluding carboxylic acids is 1. The first-order valence-electron chi connectivity index (χ1n) is 7.24. The lowest BCUT2D eigenvalue weighted by molar-refractivity contribution is -0.137. The number of fused-ring (bicyclic) bond motifs is 1. The summed E-state index contributed by atoms with van der Waals surface area (Å²) < 4.78 is 10.3. The molecule has 0 spiro atoms. The van der Waals surface area contributed by atoms with Crippen molar-refractivity contribution >= 4 is 22.9 Å². The van der Waals surface area contributed by atoms with E-state index in [2.05, 4.69) is 0 Å². The first-order valence-corrected chi connectivity index (χ1v) is 7.24. The molecule has 1 unspecified atom stereocenters. The van der Waals surface area contributed by atoms with Gasteiger partial charge in [-0.25, -0.2) is 9.59 Å². The number of allylic oxidation sites excluding steroid dienone is 1. The van der Waals surface area contributed by atoms with Crippen molar-refractivity contribution in [2.45, 2.75) is 19.3 Å². The topological polar surface area (TPSA) is 93.8 Å². The minimum atomic E-state index is -1.35. The zero-order valence-corrected chi connectivity index (χ0v) is 12.2. The van der Waals surface area contributed by atoms with Crippen LogP contribution in [0.5, 0.6) is 5.75 Å². The fourth-order valence-electron chi connectivity index (χ4n) is 2.50. The van der Waals surface area contributed by atoms with Crippen LogP contribution in [0.2, 0.25) is 0 Å². The second-order valence-corrected chi connectivity index (χ2v) is 5.34. The Bertz CT molecular complexity index is 861. The second kappa shape index (κ2) is 6.08. The van der Waals surface area contributed by atoms with Gasteiger partial charge >= 0.3 is 17.6 Å². The third-order valence-corrected chi connectivity index (χ3v) is 3.71. The zero-order chi connectivity index (χ0) is 16.4. The number of esters is 1. The summed E-state index contributed by atoms with van der Waals surface area (Å²) in [7, 11) is 0. The number of carboxylic acids is 1. The summed E-state index contributed by atoms with van der Waals surface area (Å²) in [5.41, 5.74) is -1.21. The molecule has 0 saturated heterocycles. The van der Waals surface area contributed by atoms with Gasteiger partial charge in [0, 0.05) is 11.5 Å². The lowest BCUT2D eigenvalue weighted by atomic mass is 9.96. The largest absolute Gasteiger partial charge is 0.477 e. The first-order chi connectivity index (χ1) is 11.0. The third-order valence-electron chi connectivity index (χ3n) is 3.71. The highest BCUT2D eigenvalue weighted by atomic mass is 16.5. The SMILES string of the molecule is O=C(O)c1cc2ccc(OC(=O)C3C=CCCC3)cc2oc1=O. The predicted molar refractivity (Wildman–Crippen MR) is 81.6 cm³/mol. The van der Waals surface area contributed by atoms with Crippen LogP contribution >= 0.6 is 0 Å². The summed E-state index contributed by atoms with van der Waals surface area (Å²) >= 11 is 0. The molecule has 1 heterocycles. The smallest absolute Gasteiger partial charge is 0.351 e. The molecular weight excluding hydrogens is 300 g/mol. The molecule has 1 aliphatic rings. The Morgan fingerprint density at radius 3 is 2.78 bits per heavy atom. The van der Waals surface area contributed by atoms with E-state index < -0.39 is 17.2 Å². The number of carboxylic acid groups (broad SMARTS) is 1. The van der Waals surface area contributed by atoms with Crippen molar-refractivity contribution in [2.75, 3.05) is 0 Å². The molecule has 0 saturated carbocycles. The van der Waals surface area contributed by atoms with Gasteiger partial charge in [-0.2, -0.15) is 0 Å². The molecule has 6 nitrogen and oxygen atoms in total. The number of benzene rings is 1. The maximum atomic E-state index is 12.1. The van der Waals surface area contributed by atoms with E-state index in [4.69, 9.17) is 14.3 Å². The summed E-state index contributed by atoms with van der Waals surface area (Å²) in [4.78, 5) is 34.6. The zero-order valence-electron chi connectivity index (χ0n) is 12.2. The maximum absolute atomic E-state index is 12.1. The number of aromatic carboxylic acids is 1. The van der Waals surface area contributed by atoms with E-state index >= 15 is 0 Å². The molecule has 0 radical (unpaired) electrons. The van der Waals surface area contributed by atoms with E-state index in [-0.39, 0.29) is 23.2 Å². The van der Waals surface area contributed by atoms with Crippen LogP contribution in [0.3, 0.4) is 0 Å². The quantitative estimate of drug-likeness (QED) is 0.405. The Labute approximate surface area is 131 Å². The number of hydrogen-bond acceptors (Lipinski definition) is 5. The Balaban J connectivity index is 1.88. The molecule has 0 bridgehead atoms. The fraction of sp³-hybridized carbons (Fsp3) is 0.235. The van der Waals surface area contributed by atoms with Gasteiger partial charge in [0.25, 0.3) is 0 Å². The summed E-state index contributed by atoms with van der Waals surface area (Å²) in [6.45, 7) is 0. The van der Waals surface area contributed by atoms with E-state index in [1.165, 1.54) is 12.1 Å². The van der Waals surface area contributed by atoms with Crippen LogP contribution in [0, 0.1) is 5.92 Å². The van der Waals surface area contributed by atoms with Gasteiger partial charge in [0.2, 0.25) is 0 Å². The monoisotopic (exact) mass is 314 g/mol. The van der Waals surface area contributed by atoms with E-state index in [0.29, 0.717) is 5.39 Å². The van der Waals surface area contributed by atoms with Crippen LogP contribution in [0.15, 0.2) is 45.6 Å². The molecule has 23 heavy (non-hydrogen) atoms. The normalized spacial score (nSPS) is 17.1. The van der Waals surface area contributed by atoms with Crippen LogP contribution in [0.1, 0.15) is 29.6 Å². The molecule has 3 rings (SSSR count). The summed E-state index contributed by atoms with van der Waals surface area (Å²) in [6, 6.07) is 5.73. The number of ether oxygens (including phenoxy) is 1. The molecule has 6 heteroatoms. The fourth-order valence-corrected chi connectivity index (χ4v) is 2.50. The molecule has 1 N–H and O–H groups in total. The highest BCUT2D eigenvalue weighted by Gasteiger charge is 2.20. The van der Waals surface area contributed by atoms with Gasteiger partial charge in [-0.1, -0.05) is 12.2 Å². The van der Waals surface area contributed by atoms with Gasteiger partial charge < -0.3 is 14.3 Å². The van der Waals surface area contributed by atoms with Crippen LogP contribution in [-0.4, -0.2) is 17.0 Å². The maximum Gasteiger partial charge on any atom is 0.351 e. The standard InChI is InChI=1S/C17H14O6/c18-15(19)13-8-11-6-7-12(9-14(11)23-17(13)21)22-16(20)10-4-2-1-3-5-10/h2,4,6-10H,1,3,5H2,(H,18,19). The molecule has 2 aromatic rings. The molecule has 1 atom stereocenters. The average Bonchev–Trinajstić information content (AvgIpc) is 2.54. The Kier molecular flexibility index (Phi) is 3.97. The van der Waals surface area contributed by atoms with Crippen molar-refractivity contribution in [1.82, 2.24) is 0 Å². The van der Waals surface area contributed by atoms with Crippen molar-refractivity contribution in [3.63, 3.8) is 0 Å². The van der Waals surface area contributed by atoms with Gasteiger partial charge in [-0.15, -0.1) is 0 Å². The van der Waals surface area contributed by atoms with Crippen molar-refractivity contribution in [1.29, 1.82) is 0 Å². The lowest BCUT2D eigenvalue weighted by Crippen LogP contribution is -2.20. The predicted octanol–water partition coefficient (Wildman–Crippen LogP) is 2.75. The molecule has 118 valence electrons. The molecule has 0 fully saturated rings. The van der Waals surface area contributed by atoms with Gasteiger partial charge in [-0.3, -0.25) is 4.79 Å².